The minimum atomic E-state index is -1.01. The third-order valence-corrected chi connectivity index (χ3v) is 4.37. The van der Waals surface area contributed by atoms with Gasteiger partial charge in [-0.25, -0.2) is 4.79 Å². The minimum absolute atomic E-state index is 0.104. The van der Waals surface area contributed by atoms with Gasteiger partial charge in [0.15, 0.2) is 6.61 Å². The standard InChI is InChI=1S/C15H19NO4S/c17-14(18)10-20-13-3-1-2-11(8-13)9-16-15(19)12-4-6-21-7-5-12/h1-3,8,12H,4-7,9-10H2,(H,16,19)(H,17,18). The van der Waals surface area contributed by atoms with E-state index in [-0.39, 0.29) is 18.4 Å². The van der Waals surface area contributed by atoms with E-state index in [0.717, 1.165) is 29.9 Å². The van der Waals surface area contributed by atoms with Crippen LogP contribution in [0.2, 0.25) is 0 Å². The molecule has 0 aliphatic carbocycles. The highest BCUT2D eigenvalue weighted by Crippen LogP contribution is 2.22. The van der Waals surface area contributed by atoms with Crippen molar-refractivity contribution in [3.63, 3.8) is 0 Å². The van der Waals surface area contributed by atoms with Gasteiger partial charge in [-0.15, -0.1) is 0 Å². The number of hydrogen-bond donors (Lipinski definition) is 2. The second kappa shape index (κ2) is 7.93. The van der Waals surface area contributed by atoms with E-state index in [4.69, 9.17) is 9.84 Å². The molecule has 1 fully saturated rings. The van der Waals surface area contributed by atoms with Gasteiger partial charge in [-0.05, 0) is 42.0 Å². The number of amides is 1. The van der Waals surface area contributed by atoms with Crippen molar-refractivity contribution in [1.29, 1.82) is 0 Å². The fraction of sp³-hybridized carbons (Fsp3) is 0.467. The van der Waals surface area contributed by atoms with Crippen LogP contribution in [0.1, 0.15) is 18.4 Å². The molecule has 1 saturated heterocycles. The summed E-state index contributed by atoms with van der Waals surface area (Å²) in [5.41, 5.74) is 0.899. The van der Waals surface area contributed by atoms with Crippen LogP contribution < -0.4 is 10.1 Å². The van der Waals surface area contributed by atoms with Crippen LogP contribution in [-0.2, 0) is 16.1 Å². The molecule has 114 valence electrons. The summed E-state index contributed by atoms with van der Waals surface area (Å²) in [7, 11) is 0. The quantitative estimate of drug-likeness (QED) is 0.839. The number of thioether (sulfide) groups is 1. The number of carbonyl (C=O) groups excluding carboxylic acids is 1. The van der Waals surface area contributed by atoms with E-state index in [0.29, 0.717) is 12.3 Å². The Labute approximate surface area is 128 Å². The number of hydrogen-bond acceptors (Lipinski definition) is 4. The van der Waals surface area contributed by atoms with Crippen molar-refractivity contribution in [1.82, 2.24) is 5.32 Å². The van der Waals surface area contributed by atoms with Crippen LogP contribution in [0.3, 0.4) is 0 Å². The summed E-state index contributed by atoms with van der Waals surface area (Å²) >= 11 is 1.90. The van der Waals surface area contributed by atoms with Crippen LogP contribution in [0.15, 0.2) is 24.3 Å². The van der Waals surface area contributed by atoms with E-state index in [2.05, 4.69) is 5.32 Å². The molecular formula is C15H19NO4S. The second-order valence-corrected chi connectivity index (χ2v) is 6.16. The SMILES string of the molecule is O=C(O)COc1cccc(CNC(=O)C2CCSCC2)c1. The van der Waals surface area contributed by atoms with Gasteiger partial charge in [0.2, 0.25) is 5.91 Å². The second-order valence-electron chi connectivity index (χ2n) is 4.93. The van der Waals surface area contributed by atoms with Gasteiger partial charge in [-0.1, -0.05) is 12.1 Å². The molecule has 0 saturated carbocycles. The van der Waals surface area contributed by atoms with Crippen LogP contribution in [0, 0.1) is 5.92 Å². The van der Waals surface area contributed by atoms with Crippen LogP contribution in [0.5, 0.6) is 5.75 Å². The summed E-state index contributed by atoms with van der Waals surface area (Å²) in [6, 6.07) is 7.12. The number of ether oxygens (including phenoxy) is 1. The van der Waals surface area contributed by atoms with Gasteiger partial charge in [0, 0.05) is 12.5 Å². The molecule has 0 atom stereocenters. The fourth-order valence-corrected chi connectivity index (χ4v) is 3.29. The Morgan fingerprint density at radius 2 is 2.10 bits per heavy atom. The molecule has 1 heterocycles. The zero-order valence-electron chi connectivity index (χ0n) is 11.7. The highest BCUT2D eigenvalue weighted by Gasteiger charge is 2.20. The first-order chi connectivity index (χ1) is 10.1. The molecule has 0 unspecified atom stereocenters. The lowest BCUT2D eigenvalue weighted by Crippen LogP contribution is -2.32. The number of benzene rings is 1. The first-order valence-corrected chi connectivity index (χ1v) is 8.09. The molecule has 2 N–H and O–H groups in total. The summed E-state index contributed by atoms with van der Waals surface area (Å²) in [4.78, 5) is 22.5. The maximum atomic E-state index is 12.0. The zero-order chi connectivity index (χ0) is 15.1. The number of carboxylic acid groups (broad SMARTS) is 1. The summed E-state index contributed by atoms with van der Waals surface area (Å²) < 4.78 is 5.12. The van der Waals surface area contributed by atoms with Gasteiger partial charge < -0.3 is 15.2 Å². The lowest BCUT2D eigenvalue weighted by atomic mass is 10.0. The highest BCUT2D eigenvalue weighted by molar-refractivity contribution is 7.99. The van der Waals surface area contributed by atoms with E-state index < -0.39 is 5.97 Å². The first kappa shape index (κ1) is 15.7. The van der Waals surface area contributed by atoms with Crippen molar-refractivity contribution >= 4 is 23.6 Å². The van der Waals surface area contributed by atoms with Gasteiger partial charge in [-0.3, -0.25) is 4.79 Å². The smallest absolute Gasteiger partial charge is 0.341 e. The first-order valence-electron chi connectivity index (χ1n) is 6.94. The average molecular weight is 309 g/mol. The molecule has 0 radical (unpaired) electrons. The van der Waals surface area contributed by atoms with Gasteiger partial charge in [0.05, 0.1) is 0 Å². The molecule has 1 aromatic carbocycles. The number of carbonyl (C=O) groups is 2. The average Bonchev–Trinajstić information content (AvgIpc) is 2.52. The molecule has 6 heteroatoms. The topological polar surface area (TPSA) is 75.6 Å². The zero-order valence-corrected chi connectivity index (χ0v) is 12.5. The van der Waals surface area contributed by atoms with E-state index in [1.807, 2.05) is 17.8 Å². The van der Waals surface area contributed by atoms with Gasteiger partial charge >= 0.3 is 5.97 Å². The van der Waals surface area contributed by atoms with Crippen molar-refractivity contribution < 1.29 is 19.4 Å². The van der Waals surface area contributed by atoms with Crippen molar-refractivity contribution in [2.75, 3.05) is 18.1 Å². The number of rotatable bonds is 6. The Bertz CT molecular complexity index is 500. The van der Waals surface area contributed by atoms with Crippen molar-refractivity contribution in [3.8, 4) is 5.75 Å². The van der Waals surface area contributed by atoms with Crippen LogP contribution in [-0.4, -0.2) is 35.1 Å². The third kappa shape index (κ3) is 5.30. The van der Waals surface area contributed by atoms with E-state index >= 15 is 0 Å². The Balaban J connectivity index is 1.83. The lowest BCUT2D eigenvalue weighted by molar-refractivity contribution is -0.139. The monoisotopic (exact) mass is 309 g/mol. The summed E-state index contributed by atoms with van der Waals surface area (Å²) in [5, 5.41) is 11.5. The van der Waals surface area contributed by atoms with Crippen molar-refractivity contribution in [2.24, 2.45) is 5.92 Å². The fourth-order valence-electron chi connectivity index (χ4n) is 2.18. The largest absolute Gasteiger partial charge is 0.482 e. The van der Waals surface area contributed by atoms with Crippen LogP contribution in [0.25, 0.3) is 0 Å². The summed E-state index contributed by atoms with van der Waals surface area (Å²) in [6.45, 7) is 0.0717. The predicted molar refractivity (Wildman–Crippen MR) is 81.5 cm³/mol. The summed E-state index contributed by atoms with van der Waals surface area (Å²) in [6.07, 6.45) is 1.89. The third-order valence-electron chi connectivity index (χ3n) is 3.32. The normalized spacial score (nSPS) is 15.4. The Kier molecular flexibility index (Phi) is 5.92. The van der Waals surface area contributed by atoms with Crippen molar-refractivity contribution in [2.45, 2.75) is 19.4 Å². The highest BCUT2D eigenvalue weighted by atomic mass is 32.2. The molecule has 1 amide bonds. The van der Waals surface area contributed by atoms with Gasteiger partial charge in [-0.2, -0.15) is 11.8 Å². The van der Waals surface area contributed by atoms with Gasteiger partial charge in [0.1, 0.15) is 5.75 Å². The Hall–Kier alpha value is -1.69. The molecule has 21 heavy (non-hydrogen) atoms. The number of nitrogens with one attached hydrogen (secondary N) is 1. The number of aliphatic carboxylic acids is 1. The molecule has 0 bridgehead atoms. The van der Waals surface area contributed by atoms with E-state index in [1.54, 1.807) is 18.2 Å². The summed E-state index contributed by atoms with van der Waals surface area (Å²) in [5.74, 6) is 1.82. The molecule has 1 aromatic rings. The van der Waals surface area contributed by atoms with Crippen molar-refractivity contribution in [3.05, 3.63) is 29.8 Å². The van der Waals surface area contributed by atoms with E-state index in [9.17, 15) is 9.59 Å². The maximum Gasteiger partial charge on any atom is 0.341 e. The Morgan fingerprint density at radius 3 is 2.81 bits per heavy atom. The van der Waals surface area contributed by atoms with Crippen LogP contribution in [0.4, 0.5) is 0 Å². The maximum absolute atomic E-state index is 12.0. The molecule has 1 aliphatic rings. The number of carboxylic acids is 1. The predicted octanol–water partition coefficient (Wildman–Crippen LogP) is 1.91. The molecule has 2 rings (SSSR count). The molecule has 0 spiro atoms. The van der Waals surface area contributed by atoms with Crippen LogP contribution >= 0.6 is 11.8 Å². The molecular weight excluding hydrogens is 290 g/mol. The minimum Gasteiger partial charge on any atom is -0.482 e. The molecule has 0 aromatic heterocycles. The Morgan fingerprint density at radius 1 is 1.33 bits per heavy atom. The lowest BCUT2D eigenvalue weighted by Gasteiger charge is -2.20. The molecule has 1 aliphatic heterocycles. The molecule has 5 nitrogen and oxygen atoms in total. The van der Waals surface area contributed by atoms with Gasteiger partial charge in [0.25, 0.3) is 0 Å². The van der Waals surface area contributed by atoms with E-state index in [1.165, 1.54) is 0 Å².